The van der Waals surface area contributed by atoms with Crippen molar-refractivity contribution in [1.82, 2.24) is 9.55 Å². The van der Waals surface area contributed by atoms with Crippen LogP contribution in [0.2, 0.25) is 0 Å². The lowest BCUT2D eigenvalue weighted by Gasteiger charge is -2.14. The number of carbonyl (C=O) groups excluding carboxylic acids is 1. The van der Waals surface area contributed by atoms with Crippen LogP contribution in [-0.2, 0) is 11.8 Å². The summed E-state index contributed by atoms with van der Waals surface area (Å²) in [7, 11) is 1.67. The van der Waals surface area contributed by atoms with Crippen molar-refractivity contribution in [1.29, 1.82) is 0 Å². The number of benzene rings is 3. The Bertz CT molecular complexity index is 1480. The number of aromatic amines is 1. The molecule has 9 heteroatoms. The van der Waals surface area contributed by atoms with Crippen molar-refractivity contribution in [2.45, 2.75) is 5.92 Å². The lowest BCUT2D eigenvalue weighted by molar-refractivity contribution is -0.384. The second-order valence-corrected chi connectivity index (χ2v) is 7.50. The van der Waals surface area contributed by atoms with Crippen LogP contribution in [-0.4, -0.2) is 26.1 Å². The summed E-state index contributed by atoms with van der Waals surface area (Å²) in [5.74, 6) is -1.13. The number of carbonyl (C=O) groups is 1. The van der Waals surface area contributed by atoms with E-state index in [4.69, 9.17) is 4.99 Å². The van der Waals surface area contributed by atoms with Crippen molar-refractivity contribution in [2.75, 3.05) is 5.32 Å². The SMILES string of the molecule is Cn1c(=O)[nH]c2cc(N=C(c3ccccc3)C3C(=O)Nc4ccc([N+](=O)[O-])cc43)ccc21. The van der Waals surface area contributed by atoms with E-state index in [1.54, 1.807) is 25.2 Å². The van der Waals surface area contributed by atoms with E-state index in [2.05, 4.69) is 10.3 Å². The molecule has 0 saturated heterocycles. The van der Waals surface area contributed by atoms with Crippen molar-refractivity contribution in [2.24, 2.45) is 12.0 Å². The van der Waals surface area contributed by atoms with E-state index >= 15 is 0 Å². The van der Waals surface area contributed by atoms with Crippen LogP contribution in [0.3, 0.4) is 0 Å². The molecule has 1 aliphatic rings. The largest absolute Gasteiger partial charge is 0.326 e. The number of aliphatic imine (C=N–C) groups is 1. The third-order valence-electron chi connectivity index (χ3n) is 5.56. The van der Waals surface area contributed by atoms with Crippen molar-refractivity contribution < 1.29 is 9.72 Å². The van der Waals surface area contributed by atoms with Crippen molar-refractivity contribution >= 4 is 39.7 Å². The zero-order valence-corrected chi connectivity index (χ0v) is 16.9. The lowest BCUT2D eigenvalue weighted by atomic mass is 9.90. The first-order valence-electron chi connectivity index (χ1n) is 9.84. The van der Waals surface area contributed by atoms with Crippen LogP contribution in [0.25, 0.3) is 11.0 Å². The average molecular weight is 427 g/mol. The molecule has 9 nitrogen and oxygen atoms in total. The number of non-ortho nitro benzene ring substituents is 1. The second-order valence-electron chi connectivity index (χ2n) is 7.50. The number of anilines is 1. The molecule has 32 heavy (non-hydrogen) atoms. The highest BCUT2D eigenvalue weighted by molar-refractivity contribution is 6.24. The highest BCUT2D eigenvalue weighted by atomic mass is 16.6. The first kappa shape index (κ1) is 19.4. The Balaban J connectivity index is 1.70. The van der Waals surface area contributed by atoms with Crippen molar-refractivity contribution in [3.05, 3.63) is 98.5 Å². The summed E-state index contributed by atoms with van der Waals surface area (Å²) in [5, 5.41) is 14.1. The first-order valence-corrected chi connectivity index (χ1v) is 9.84. The van der Waals surface area contributed by atoms with Gasteiger partial charge in [0.15, 0.2) is 0 Å². The van der Waals surface area contributed by atoms with Gasteiger partial charge in [-0.15, -0.1) is 0 Å². The van der Waals surface area contributed by atoms with Crippen LogP contribution in [0.4, 0.5) is 17.1 Å². The zero-order valence-electron chi connectivity index (χ0n) is 16.9. The van der Waals surface area contributed by atoms with Crippen LogP contribution < -0.4 is 11.0 Å². The van der Waals surface area contributed by atoms with Crippen LogP contribution in [0, 0.1) is 10.1 Å². The van der Waals surface area contributed by atoms with Crippen LogP contribution >= 0.6 is 0 Å². The number of amides is 1. The number of fused-ring (bicyclic) bond motifs is 2. The fourth-order valence-corrected chi connectivity index (χ4v) is 3.97. The molecule has 1 atom stereocenters. The number of imidazole rings is 1. The van der Waals surface area contributed by atoms with Gasteiger partial charge in [-0.05, 0) is 29.8 Å². The Hall–Kier alpha value is -4.53. The van der Waals surface area contributed by atoms with Gasteiger partial charge in [0.2, 0.25) is 5.91 Å². The summed E-state index contributed by atoms with van der Waals surface area (Å²) in [6.45, 7) is 0. The molecule has 4 aromatic rings. The number of H-pyrrole nitrogens is 1. The Morgan fingerprint density at radius 3 is 2.59 bits per heavy atom. The number of aryl methyl sites for hydroxylation is 1. The molecular formula is C23H17N5O4. The summed E-state index contributed by atoms with van der Waals surface area (Å²) in [5.41, 5.74) is 3.77. The molecular weight excluding hydrogens is 410 g/mol. The minimum Gasteiger partial charge on any atom is -0.325 e. The normalized spacial score (nSPS) is 15.6. The molecule has 5 rings (SSSR count). The summed E-state index contributed by atoms with van der Waals surface area (Å²) < 4.78 is 1.50. The van der Waals surface area contributed by atoms with E-state index in [1.165, 1.54) is 22.8 Å². The van der Waals surface area contributed by atoms with Crippen LogP contribution in [0.15, 0.2) is 76.5 Å². The van der Waals surface area contributed by atoms with Gasteiger partial charge in [-0.25, -0.2) is 4.79 Å². The molecule has 0 radical (unpaired) electrons. The smallest absolute Gasteiger partial charge is 0.325 e. The van der Waals surface area contributed by atoms with Gasteiger partial charge < -0.3 is 10.3 Å². The fourth-order valence-electron chi connectivity index (χ4n) is 3.97. The number of nitrogens with zero attached hydrogens (tertiary/aromatic N) is 3. The molecule has 158 valence electrons. The first-order chi connectivity index (χ1) is 15.4. The third-order valence-corrected chi connectivity index (χ3v) is 5.56. The molecule has 0 fully saturated rings. The summed E-state index contributed by atoms with van der Waals surface area (Å²) in [6, 6.07) is 18.8. The maximum atomic E-state index is 13.0. The van der Waals surface area contributed by atoms with Gasteiger partial charge in [-0.3, -0.25) is 24.5 Å². The van der Waals surface area contributed by atoms with Gasteiger partial charge in [-0.1, -0.05) is 30.3 Å². The molecule has 3 aromatic carbocycles. The van der Waals surface area contributed by atoms with E-state index in [9.17, 15) is 19.7 Å². The quantitative estimate of drug-likeness (QED) is 0.293. The number of nitro benzene ring substituents is 1. The molecule has 0 spiro atoms. The molecule has 1 aliphatic heterocycles. The predicted octanol–water partition coefficient (Wildman–Crippen LogP) is 3.63. The molecule has 0 bridgehead atoms. The Kier molecular flexibility index (Phi) is 4.44. The van der Waals surface area contributed by atoms with E-state index in [-0.39, 0.29) is 17.3 Å². The second kappa shape index (κ2) is 7.31. The number of nitrogens with one attached hydrogen (secondary N) is 2. The van der Waals surface area contributed by atoms with Crippen LogP contribution in [0.1, 0.15) is 17.0 Å². The number of hydrogen-bond donors (Lipinski definition) is 2. The van der Waals surface area contributed by atoms with E-state index in [0.29, 0.717) is 33.7 Å². The highest BCUT2D eigenvalue weighted by Gasteiger charge is 2.36. The minimum atomic E-state index is -0.821. The predicted molar refractivity (Wildman–Crippen MR) is 121 cm³/mol. The van der Waals surface area contributed by atoms with E-state index in [0.717, 1.165) is 5.52 Å². The molecule has 1 aromatic heterocycles. The van der Waals surface area contributed by atoms with Gasteiger partial charge in [0.1, 0.15) is 5.92 Å². The molecule has 1 amide bonds. The average Bonchev–Trinajstić information content (AvgIpc) is 3.26. The van der Waals surface area contributed by atoms with Crippen molar-refractivity contribution in [3.63, 3.8) is 0 Å². The molecule has 0 aliphatic carbocycles. The van der Waals surface area contributed by atoms with E-state index < -0.39 is 10.8 Å². The lowest BCUT2D eigenvalue weighted by Crippen LogP contribution is -2.22. The molecule has 0 saturated carbocycles. The van der Waals surface area contributed by atoms with Gasteiger partial charge in [-0.2, -0.15) is 0 Å². The standard InChI is InChI=1S/C23H17N5O4/c1-27-19-10-7-14(11-18(19)26-23(27)30)24-21(13-5-3-2-4-6-13)20-16-12-15(28(31)32)8-9-17(16)25-22(20)29/h2-12,20H,1H3,(H,25,29)(H,26,30). The number of aromatic nitrogens is 2. The number of rotatable bonds is 4. The van der Waals surface area contributed by atoms with Gasteiger partial charge >= 0.3 is 5.69 Å². The zero-order chi connectivity index (χ0) is 22.4. The Morgan fingerprint density at radius 2 is 1.84 bits per heavy atom. The molecule has 2 heterocycles. The number of hydrogen-bond acceptors (Lipinski definition) is 5. The summed E-state index contributed by atoms with van der Waals surface area (Å²) >= 11 is 0. The third kappa shape index (κ3) is 3.16. The summed E-state index contributed by atoms with van der Waals surface area (Å²) in [4.78, 5) is 43.3. The van der Waals surface area contributed by atoms with Gasteiger partial charge in [0, 0.05) is 30.4 Å². The fraction of sp³-hybridized carbons (Fsp3) is 0.0870. The van der Waals surface area contributed by atoms with Crippen molar-refractivity contribution in [3.8, 4) is 0 Å². The maximum Gasteiger partial charge on any atom is 0.326 e. The topological polar surface area (TPSA) is 122 Å². The Labute approximate surface area is 181 Å². The molecule has 2 N–H and O–H groups in total. The number of nitro groups is 1. The van der Waals surface area contributed by atoms with Crippen LogP contribution in [0.5, 0.6) is 0 Å². The Morgan fingerprint density at radius 1 is 1.06 bits per heavy atom. The minimum absolute atomic E-state index is 0.0963. The molecule has 1 unspecified atom stereocenters. The monoisotopic (exact) mass is 427 g/mol. The van der Waals surface area contributed by atoms with E-state index in [1.807, 2.05) is 30.3 Å². The van der Waals surface area contributed by atoms with Gasteiger partial charge in [0.05, 0.1) is 27.4 Å². The van der Waals surface area contributed by atoms with Gasteiger partial charge in [0.25, 0.3) is 5.69 Å². The highest BCUT2D eigenvalue weighted by Crippen LogP contribution is 2.38. The maximum absolute atomic E-state index is 13.0. The summed E-state index contributed by atoms with van der Waals surface area (Å²) in [6.07, 6.45) is 0.